The second-order valence-electron chi connectivity index (χ2n) is 3.93. The van der Waals surface area contributed by atoms with Crippen molar-refractivity contribution < 1.29 is 4.52 Å². The van der Waals surface area contributed by atoms with Crippen LogP contribution in [0.15, 0.2) is 4.52 Å². The molecule has 78 valence electrons. The van der Waals surface area contributed by atoms with Gasteiger partial charge in [0.15, 0.2) is 5.82 Å². The van der Waals surface area contributed by atoms with Gasteiger partial charge >= 0.3 is 0 Å². The molecule has 1 aliphatic rings. The van der Waals surface area contributed by atoms with Crippen molar-refractivity contribution in [2.24, 2.45) is 5.73 Å². The molecule has 2 rings (SSSR count). The van der Waals surface area contributed by atoms with Crippen LogP contribution in [0.4, 0.5) is 0 Å². The molecular weight excluding hydrogens is 198 g/mol. The highest BCUT2D eigenvalue weighted by Crippen LogP contribution is 2.31. The highest BCUT2D eigenvalue weighted by molar-refractivity contribution is 7.97. The third-order valence-corrected chi connectivity index (χ3v) is 3.18. The Bertz CT molecular complexity index is 309. The van der Waals surface area contributed by atoms with Crippen molar-refractivity contribution in [1.29, 1.82) is 0 Å². The Morgan fingerprint density at radius 3 is 2.93 bits per heavy atom. The lowest BCUT2D eigenvalue weighted by Gasteiger charge is -2.36. The maximum absolute atomic E-state index is 6.09. The van der Waals surface area contributed by atoms with Crippen molar-refractivity contribution in [2.45, 2.75) is 37.0 Å². The van der Waals surface area contributed by atoms with Gasteiger partial charge in [0.25, 0.3) is 0 Å². The van der Waals surface area contributed by atoms with Crippen LogP contribution in [0, 0.1) is 0 Å². The van der Waals surface area contributed by atoms with E-state index in [9.17, 15) is 0 Å². The zero-order valence-corrected chi connectivity index (χ0v) is 9.14. The second kappa shape index (κ2) is 3.90. The van der Waals surface area contributed by atoms with Crippen molar-refractivity contribution >= 4 is 11.8 Å². The number of thioether (sulfide) groups is 1. The molecule has 14 heavy (non-hydrogen) atoms. The first kappa shape index (κ1) is 9.98. The molecular formula is C9H15N3OS. The molecule has 1 saturated carbocycles. The molecule has 0 aromatic carbocycles. The van der Waals surface area contributed by atoms with Gasteiger partial charge in [0.1, 0.15) is 0 Å². The number of nitrogens with two attached hydrogens (primary N) is 1. The minimum Gasteiger partial charge on any atom is -0.339 e. The van der Waals surface area contributed by atoms with E-state index in [1.54, 1.807) is 11.8 Å². The Balaban J connectivity index is 1.95. The lowest BCUT2D eigenvalue weighted by molar-refractivity contribution is 0.221. The average molecular weight is 213 g/mol. The maximum Gasteiger partial charge on any atom is 0.228 e. The van der Waals surface area contributed by atoms with Gasteiger partial charge in [-0.25, -0.2) is 0 Å². The topological polar surface area (TPSA) is 64.9 Å². The molecule has 0 atom stereocenters. The van der Waals surface area contributed by atoms with Gasteiger partial charge in [-0.3, -0.25) is 0 Å². The monoisotopic (exact) mass is 213 g/mol. The van der Waals surface area contributed by atoms with Crippen molar-refractivity contribution in [1.82, 2.24) is 10.1 Å². The number of rotatable bonds is 4. The number of hydrogen-bond donors (Lipinski definition) is 1. The van der Waals surface area contributed by atoms with E-state index in [4.69, 9.17) is 10.3 Å². The minimum atomic E-state index is -0.0663. The summed E-state index contributed by atoms with van der Waals surface area (Å²) in [4.78, 5) is 4.29. The van der Waals surface area contributed by atoms with Crippen LogP contribution in [0.3, 0.4) is 0 Å². The lowest BCUT2D eigenvalue weighted by atomic mass is 9.75. The van der Waals surface area contributed by atoms with Crippen LogP contribution in [0.2, 0.25) is 0 Å². The molecule has 1 aromatic rings. The summed E-state index contributed by atoms with van der Waals surface area (Å²) in [5, 5.41) is 3.89. The van der Waals surface area contributed by atoms with E-state index in [0.717, 1.165) is 30.8 Å². The molecule has 1 aliphatic carbocycles. The first-order valence-corrected chi connectivity index (χ1v) is 6.20. The standard InChI is InChI=1S/C9H15N3OS/c1-14-6-7-11-8(13-12-7)5-9(10)3-2-4-9/h2-6,10H2,1H3. The molecule has 0 unspecified atom stereocenters. The van der Waals surface area contributed by atoms with Crippen molar-refractivity contribution in [3.63, 3.8) is 0 Å². The van der Waals surface area contributed by atoms with Gasteiger partial charge in [-0.1, -0.05) is 5.16 Å². The summed E-state index contributed by atoms with van der Waals surface area (Å²) >= 11 is 1.69. The highest BCUT2D eigenvalue weighted by atomic mass is 32.2. The van der Waals surface area contributed by atoms with E-state index in [2.05, 4.69) is 10.1 Å². The fourth-order valence-corrected chi connectivity index (χ4v) is 2.03. The summed E-state index contributed by atoms with van der Waals surface area (Å²) in [6.45, 7) is 0. The summed E-state index contributed by atoms with van der Waals surface area (Å²) in [5.74, 6) is 2.27. The predicted octanol–water partition coefficient (Wildman–Crippen LogP) is 1.36. The predicted molar refractivity (Wildman–Crippen MR) is 56.0 cm³/mol. The van der Waals surface area contributed by atoms with Gasteiger partial charge in [-0.2, -0.15) is 16.7 Å². The molecule has 2 N–H and O–H groups in total. The average Bonchev–Trinajstić information content (AvgIpc) is 2.51. The first-order chi connectivity index (χ1) is 6.72. The Morgan fingerprint density at radius 1 is 1.57 bits per heavy atom. The molecule has 1 heterocycles. The fourth-order valence-electron chi connectivity index (χ4n) is 1.66. The minimum absolute atomic E-state index is 0.0663. The smallest absolute Gasteiger partial charge is 0.228 e. The summed E-state index contributed by atoms with van der Waals surface area (Å²) in [5.41, 5.74) is 6.02. The Labute approximate surface area is 87.6 Å². The summed E-state index contributed by atoms with van der Waals surface area (Å²) in [6.07, 6.45) is 6.13. The normalized spacial score (nSPS) is 19.3. The molecule has 0 radical (unpaired) electrons. The van der Waals surface area contributed by atoms with Crippen LogP contribution in [0.5, 0.6) is 0 Å². The quantitative estimate of drug-likeness (QED) is 0.818. The van der Waals surface area contributed by atoms with Gasteiger partial charge in [0.05, 0.1) is 5.75 Å². The van der Waals surface area contributed by atoms with Crippen LogP contribution in [-0.2, 0) is 12.2 Å². The van der Waals surface area contributed by atoms with Crippen LogP contribution < -0.4 is 5.73 Å². The van der Waals surface area contributed by atoms with E-state index in [-0.39, 0.29) is 5.54 Å². The largest absolute Gasteiger partial charge is 0.339 e. The van der Waals surface area contributed by atoms with Crippen LogP contribution in [-0.4, -0.2) is 21.9 Å². The van der Waals surface area contributed by atoms with Gasteiger partial charge in [0.2, 0.25) is 5.89 Å². The van der Waals surface area contributed by atoms with Crippen molar-refractivity contribution in [3.05, 3.63) is 11.7 Å². The molecule has 0 spiro atoms. The fraction of sp³-hybridized carbons (Fsp3) is 0.778. The molecule has 1 fully saturated rings. The third-order valence-electron chi connectivity index (χ3n) is 2.64. The van der Waals surface area contributed by atoms with Crippen LogP contribution >= 0.6 is 11.8 Å². The van der Waals surface area contributed by atoms with E-state index >= 15 is 0 Å². The number of hydrogen-bond acceptors (Lipinski definition) is 5. The molecule has 0 bridgehead atoms. The van der Waals surface area contributed by atoms with Gasteiger partial charge in [-0.15, -0.1) is 0 Å². The zero-order chi connectivity index (χ0) is 10.0. The van der Waals surface area contributed by atoms with Crippen molar-refractivity contribution in [2.75, 3.05) is 6.26 Å². The van der Waals surface area contributed by atoms with Gasteiger partial charge in [-0.05, 0) is 25.5 Å². The van der Waals surface area contributed by atoms with E-state index < -0.39 is 0 Å². The number of nitrogens with zero attached hydrogens (tertiary/aromatic N) is 2. The van der Waals surface area contributed by atoms with Gasteiger partial charge in [0, 0.05) is 12.0 Å². The summed E-state index contributed by atoms with van der Waals surface area (Å²) < 4.78 is 5.13. The molecule has 0 amide bonds. The first-order valence-electron chi connectivity index (χ1n) is 4.81. The molecule has 0 aliphatic heterocycles. The Morgan fingerprint density at radius 2 is 2.36 bits per heavy atom. The van der Waals surface area contributed by atoms with Crippen LogP contribution in [0.25, 0.3) is 0 Å². The highest BCUT2D eigenvalue weighted by Gasteiger charge is 2.34. The van der Waals surface area contributed by atoms with E-state index in [1.165, 1.54) is 6.42 Å². The van der Waals surface area contributed by atoms with E-state index in [0.29, 0.717) is 5.89 Å². The Hall–Kier alpha value is -0.550. The molecule has 4 nitrogen and oxygen atoms in total. The zero-order valence-electron chi connectivity index (χ0n) is 8.32. The summed E-state index contributed by atoms with van der Waals surface area (Å²) in [7, 11) is 0. The molecule has 0 saturated heterocycles. The van der Waals surface area contributed by atoms with Gasteiger partial charge < -0.3 is 10.3 Å². The molecule has 5 heteroatoms. The lowest BCUT2D eigenvalue weighted by Crippen LogP contribution is -2.48. The third kappa shape index (κ3) is 2.09. The number of aromatic nitrogens is 2. The van der Waals surface area contributed by atoms with Crippen LogP contribution in [0.1, 0.15) is 31.0 Å². The Kier molecular flexibility index (Phi) is 2.78. The van der Waals surface area contributed by atoms with E-state index in [1.807, 2.05) is 6.26 Å². The molecule has 1 aromatic heterocycles. The second-order valence-corrected chi connectivity index (χ2v) is 4.80. The summed E-state index contributed by atoms with van der Waals surface area (Å²) in [6, 6.07) is 0. The van der Waals surface area contributed by atoms with Crippen molar-refractivity contribution in [3.8, 4) is 0 Å². The SMILES string of the molecule is CSCc1noc(CC2(N)CCC2)n1. The maximum atomic E-state index is 6.09.